The third-order valence-corrected chi connectivity index (χ3v) is 4.19. The van der Waals surface area contributed by atoms with Gasteiger partial charge in [-0.15, -0.1) is 0 Å². The Labute approximate surface area is 121 Å². The summed E-state index contributed by atoms with van der Waals surface area (Å²) >= 11 is 1.95. The molecule has 5 nitrogen and oxygen atoms in total. The van der Waals surface area contributed by atoms with Crippen LogP contribution in [-0.2, 0) is 14.9 Å². The van der Waals surface area contributed by atoms with Gasteiger partial charge in [0.25, 0.3) is 0 Å². The van der Waals surface area contributed by atoms with Gasteiger partial charge in [0.2, 0.25) is 0 Å². The van der Waals surface area contributed by atoms with Crippen LogP contribution in [0.3, 0.4) is 0 Å². The van der Waals surface area contributed by atoms with Crippen LogP contribution in [0.15, 0.2) is 18.2 Å². The van der Waals surface area contributed by atoms with E-state index in [1.807, 2.05) is 22.6 Å². The molecule has 0 aliphatic heterocycles. The average Bonchev–Trinajstić information content (AvgIpc) is 2.28. The quantitative estimate of drug-likeness (QED) is 0.472. The monoisotopic (exact) mass is 406 g/mol. The molecule has 0 aliphatic carbocycles. The van der Waals surface area contributed by atoms with Gasteiger partial charge in [-0.25, -0.2) is 4.79 Å². The molecule has 0 saturated carbocycles. The summed E-state index contributed by atoms with van der Waals surface area (Å²) in [7, 11) is -5.61. The Balaban J connectivity index is 2.79. The lowest BCUT2D eigenvalue weighted by Gasteiger charge is -2.13. The Kier molecular flexibility index (Phi) is 4.85. The topological polar surface area (TPSA) is 80.7 Å². The summed E-state index contributed by atoms with van der Waals surface area (Å²) in [5.41, 5.74) is 0.904. The fourth-order valence-corrected chi connectivity index (χ4v) is 1.75. The Morgan fingerprint density at radius 2 is 2.05 bits per heavy atom. The van der Waals surface area contributed by atoms with E-state index in [2.05, 4.69) is 4.74 Å². The molecule has 0 atom stereocenters. The summed E-state index contributed by atoms with van der Waals surface area (Å²) in [6.07, 6.45) is 0. The first-order chi connectivity index (χ1) is 8.54. The number of hydrogen-bond donors (Lipinski definition) is 1. The van der Waals surface area contributed by atoms with Crippen molar-refractivity contribution in [1.29, 1.82) is 0 Å². The lowest BCUT2D eigenvalue weighted by molar-refractivity contribution is -0.00951. The molecule has 1 aromatic rings. The zero-order chi connectivity index (χ0) is 14.8. The first-order valence-corrected chi connectivity index (χ1v) is 7.34. The lowest BCUT2D eigenvalue weighted by Crippen LogP contribution is -2.34. The number of aryl methyl sites for hydroxylation is 1. The van der Waals surface area contributed by atoms with Crippen molar-refractivity contribution in [2.75, 3.05) is 6.61 Å². The molecule has 0 fully saturated rings. The van der Waals surface area contributed by atoms with Crippen LogP contribution in [0.5, 0.6) is 0 Å². The molecule has 0 heterocycles. The first-order valence-electron chi connectivity index (χ1n) is 4.83. The molecule has 0 amide bonds. The molecule has 0 spiro atoms. The minimum Gasteiger partial charge on any atom is -0.454 e. The number of carbonyl (C=O) groups is 1. The molecule has 1 aromatic carbocycles. The maximum Gasteiger partial charge on any atom is 0.402 e. The Morgan fingerprint density at radius 3 is 2.53 bits per heavy atom. The maximum atomic E-state index is 12.8. The number of rotatable bonds is 4. The third-order valence-electron chi connectivity index (χ3n) is 2.16. The van der Waals surface area contributed by atoms with Gasteiger partial charge in [0.05, 0.1) is 5.56 Å². The summed E-state index contributed by atoms with van der Waals surface area (Å²) in [5.74, 6) is -1.10. The van der Waals surface area contributed by atoms with E-state index >= 15 is 0 Å². The summed E-state index contributed by atoms with van der Waals surface area (Å²) in [5, 5.41) is -4.53. The molecule has 9 heteroatoms. The Morgan fingerprint density at radius 1 is 1.47 bits per heavy atom. The third kappa shape index (κ3) is 4.08. The van der Waals surface area contributed by atoms with Crippen molar-refractivity contribution in [3.8, 4) is 0 Å². The molecule has 0 bridgehead atoms. The van der Waals surface area contributed by atoms with E-state index in [0.717, 1.165) is 9.13 Å². The Bertz CT molecular complexity index is 600. The highest BCUT2D eigenvalue weighted by Gasteiger charge is 2.45. The standard InChI is InChI=1S/C10H9F2IO5S/c1-6-2-3-7(4-8(6)13)9(14)18-5-10(11,12)19(15,16)17/h2-4H,5H2,1H3,(H,15,16,17). The molecule has 0 radical (unpaired) electrons. The maximum absolute atomic E-state index is 12.8. The number of hydrogen-bond acceptors (Lipinski definition) is 4. The summed E-state index contributed by atoms with van der Waals surface area (Å²) in [6, 6.07) is 4.38. The lowest BCUT2D eigenvalue weighted by atomic mass is 10.1. The molecular weight excluding hydrogens is 397 g/mol. The highest BCUT2D eigenvalue weighted by molar-refractivity contribution is 14.1. The van der Waals surface area contributed by atoms with Crippen LogP contribution in [0.4, 0.5) is 8.78 Å². The van der Waals surface area contributed by atoms with Crippen molar-refractivity contribution in [1.82, 2.24) is 0 Å². The summed E-state index contributed by atoms with van der Waals surface area (Å²) in [4.78, 5) is 11.4. The zero-order valence-electron chi connectivity index (χ0n) is 9.56. The predicted octanol–water partition coefficient (Wildman–Crippen LogP) is 2.24. The fraction of sp³-hybridized carbons (Fsp3) is 0.300. The van der Waals surface area contributed by atoms with Crippen LogP contribution in [0.1, 0.15) is 15.9 Å². The number of esters is 1. The molecule has 19 heavy (non-hydrogen) atoms. The highest BCUT2D eigenvalue weighted by atomic mass is 127. The van der Waals surface area contributed by atoms with E-state index in [-0.39, 0.29) is 5.56 Å². The second-order valence-corrected chi connectivity index (χ2v) is 6.36. The largest absolute Gasteiger partial charge is 0.454 e. The van der Waals surface area contributed by atoms with Crippen LogP contribution in [0.25, 0.3) is 0 Å². The van der Waals surface area contributed by atoms with Crippen LogP contribution < -0.4 is 0 Å². The van der Waals surface area contributed by atoms with E-state index < -0.39 is 27.9 Å². The molecule has 0 unspecified atom stereocenters. The van der Waals surface area contributed by atoms with Gasteiger partial charge in [-0.05, 0) is 47.2 Å². The van der Waals surface area contributed by atoms with Crippen LogP contribution >= 0.6 is 22.6 Å². The van der Waals surface area contributed by atoms with Gasteiger partial charge in [0, 0.05) is 3.57 Å². The molecule has 106 valence electrons. The second kappa shape index (κ2) is 5.67. The van der Waals surface area contributed by atoms with E-state index in [0.29, 0.717) is 0 Å². The normalized spacial score (nSPS) is 12.3. The smallest absolute Gasteiger partial charge is 0.402 e. The fourth-order valence-electron chi connectivity index (χ4n) is 1.03. The number of ether oxygens (including phenoxy) is 1. The molecule has 1 rings (SSSR count). The van der Waals surface area contributed by atoms with Crippen molar-refractivity contribution in [3.63, 3.8) is 0 Å². The molecule has 1 N–H and O–H groups in total. The summed E-state index contributed by atoms with van der Waals surface area (Å²) in [6.45, 7) is 0.0541. The van der Waals surface area contributed by atoms with Gasteiger partial charge in [-0.2, -0.15) is 17.2 Å². The molecular formula is C10H9F2IO5S. The summed E-state index contributed by atoms with van der Waals surface area (Å²) < 4.78 is 59.4. The van der Waals surface area contributed by atoms with E-state index in [1.165, 1.54) is 12.1 Å². The number of halogens is 3. The van der Waals surface area contributed by atoms with E-state index in [1.54, 1.807) is 13.0 Å². The minimum absolute atomic E-state index is 0.0149. The predicted molar refractivity (Wildman–Crippen MR) is 70.7 cm³/mol. The van der Waals surface area contributed by atoms with Crippen LogP contribution in [-0.4, -0.2) is 30.8 Å². The van der Waals surface area contributed by atoms with E-state index in [9.17, 15) is 22.0 Å². The minimum atomic E-state index is -5.61. The second-order valence-electron chi connectivity index (χ2n) is 3.65. The van der Waals surface area contributed by atoms with E-state index in [4.69, 9.17) is 4.55 Å². The first kappa shape index (κ1) is 16.2. The average molecular weight is 406 g/mol. The van der Waals surface area contributed by atoms with Crippen molar-refractivity contribution in [2.24, 2.45) is 0 Å². The molecule has 0 aromatic heterocycles. The Hall–Kier alpha value is -0.810. The van der Waals surface area contributed by atoms with Crippen molar-refractivity contribution in [3.05, 3.63) is 32.9 Å². The number of alkyl halides is 2. The van der Waals surface area contributed by atoms with Gasteiger partial charge in [-0.1, -0.05) is 6.07 Å². The van der Waals surface area contributed by atoms with Crippen molar-refractivity contribution < 1.29 is 31.3 Å². The van der Waals surface area contributed by atoms with Crippen LogP contribution in [0.2, 0.25) is 0 Å². The van der Waals surface area contributed by atoms with Gasteiger partial charge in [0.15, 0.2) is 6.61 Å². The number of carbonyl (C=O) groups excluding carboxylic acids is 1. The molecule has 0 saturated heterocycles. The number of benzene rings is 1. The van der Waals surface area contributed by atoms with Crippen molar-refractivity contribution >= 4 is 38.7 Å². The SMILES string of the molecule is Cc1ccc(C(=O)OCC(F)(F)S(=O)(=O)O)cc1I. The zero-order valence-corrected chi connectivity index (χ0v) is 12.5. The highest BCUT2D eigenvalue weighted by Crippen LogP contribution is 2.21. The van der Waals surface area contributed by atoms with Crippen molar-refractivity contribution in [2.45, 2.75) is 12.2 Å². The molecule has 0 aliphatic rings. The van der Waals surface area contributed by atoms with Gasteiger partial charge >= 0.3 is 21.3 Å². The van der Waals surface area contributed by atoms with Gasteiger partial charge in [0.1, 0.15) is 0 Å². The van der Waals surface area contributed by atoms with Gasteiger partial charge in [-0.3, -0.25) is 4.55 Å². The van der Waals surface area contributed by atoms with Gasteiger partial charge < -0.3 is 4.74 Å². The van der Waals surface area contributed by atoms with Crippen LogP contribution in [0, 0.1) is 10.5 Å².